The van der Waals surface area contributed by atoms with Crippen LogP contribution in [0.4, 0.5) is 5.69 Å². The monoisotopic (exact) mass is 352 g/mol. The van der Waals surface area contributed by atoms with Gasteiger partial charge in [-0.1, -0.05) is 0 Å². The first-order valence-corrected chi connectivity index (χ1v) is 8.45. The highest BCUT2D eigenvalue weighted by molar-refractivity contribution is 5.96. The first-order valence-electron chi connectivity index (χ1n) is 8.45. The fourth-order valence-electron chi connectivity index (χ4n) is 3.16. The highest BCUT2D eigenvalue weighted by Crippen LogP contribution is 2.25. The minimum absolute atomic E-state index is 0.00850. The van der Waals surface area contributed by atoms with Crippen LogP contribution in [0.15, 0.2) is 30.5 Å². The zero-order valence-corrected chi connectivity index (χ0v) is 14.6. The number of ether oxygens (including phenoxy) is 1. The summed E-state index contributed by atoms with van der Waals surface area (Å²) in [4.78, 5) is 26.5. The van der Waals surface area contributed by atoms with Gasteiger partial charge in [-0.25, -0.2) is 4.79 Å². The van der Waals surface area contributed by atoms with Crippen molar-refractivity contribution in [2.45, 2.75) is 19.3 Å². The number of nitrogens with zero attached hydrogens (tertiary/aromatic N) is 3. The number of amides is 1. The highest BCUT2D eigenvalue weighted by Gasteiger charge is 2.22. The largest absolute Gasteiger partial charge is 0.464 e. The second-order valence-electron chi connectivity index (χ2n) is 6.18. The lowest BCUT2D eigenvalue weighted by atomic mass is 10.1. The van der Waals surface area contributed by atoms with Crippen molar-refractivity contribution in [2.75, 3.05) is 25.9 Å². The molecule has 0 unspecified atom stereocenters. The van der Waals surface area contributed by atoms with Crippen molar-refractivity contribution in [2.24, 2.45) is 0 Å². The van der Waals surface area contributed by atoms with E-state index in [-0.39, 0.29) is 22.9 Å². The molecule has 7 nitrogen and oxygen atoms in total. The Hall–Kier alpha value is -3.27. The van der Waals surface area contributed by atoms with Gasteiger partial charge in [0.15, 0.2) is 5.69 Å². The van der Waals surface area contributed by atoms with Crippen LogP contribution in [-0.4, -0.2) is 41.5 Å². The second-order valence-corrected chi connectivity index (χ2v) is 6.18. The molecule has 1 aliphatic rings. The molecule has 1 aromatic carbocycles. The molecule has 0 aliphatic carbocycles. The van der Waals surface area contributed by atoms with Crippen molar-refractivity contribution in [3.63, 3.8) is 0 Å². The molecule has 0 atom stereocenters. The van der Waals surface area contributed by atoms with E-state index in [2.05, 4.69) is 0 Å². The standard InChI is InChI=1S/C19H20N4O3/c1-26-19(25)17-16(21)14(11-20)12-23(17)15-7-5-13(6-8-15)18(24)22-9-3-2-4-10-22/h5-8,12H,2-4,9-10,21H2,1H3. The molecule has 0 spiro atoms. The Morgan fingerprint density at radius 2 is 1.81 bits per heavy atom. The van der Waals surface area contributed by atoms with Crippen LogP contribution in [0.3, 0.4) is 0 Å². The van der Waals surface area contributed by atoms with Crippen molar-refractivity contribution in [3.05, 3.63) is 47.3 Å². The summed E-state index contributed by atoms with van der Waals surface area (Å²) in [6.45, 7) is 1.57. The Morgan fingerprint density at radius 3 is 2.38 bits per heavy atom. The van der Waals surface area contributed by atoms with Crippen molar-refractivity contribution in [1.29, 1.82) is 5.26 Å². The maximum atomic E-state index is 12.6. The molecule has 7 heteroatoms. The van der Waals surface area contributed by atoms with Gasteiger partial charge in [0, 0.05) is 30.5 Å². The first kappa shape index (κ1) is 17.5. The van der Waals surface area contributed by atoms with Crippen LogP contribution in [0, 0.1) is 11.3 Å². The lowest BCUT2D eigenvalue weighted by Gasteiger charge is -2.26. The number of aromatic nitrogens is 1. The molecule has 0 saturated carbocycles. The summed E-state index contributed by atoms with van der Waals surface area (Å²) in [6, 6.07) is 8.85. The van der Waals surface area contributed by atoms with Gasteiger partial charge in [-0.2, -0.15) is 5.26 Å². The molecule has 26 heavy (non-hydrogen) atoms. The number of anilines is 1. The maximum absolute atomic E-state index is 12.6. The fraction of sp³-hybridized carbons (Fsp3) is 0.316. The summed E-state index contributed by atoms with van der Waals surface area (Å²) < 4.78 is 6.28. The van der Waals surface area contributed by atoms with E-state index in [1.807, 2.05) is 11.0 Å². The zero-order chi connectivity index (χ0) is 18.7. The van der Waals surface area contributed by atoms with Crippen LogP contribution in [-0.2, 0) is 4.74 Å². The first-order chi connectivity index (χ1) is 12.6. The molecule has 3 rings (SSSR count). The quantitative estimate of drug-likeness (QED) is 0.854. The molecule has 0 bridgehead atoms. The summed E-state index contributed by atoms with van der Waals surface area (Å²) in [6.07, 6.45) is 4.72. The van der Waals surface area contributed by atoms with Gasteiger partial charge < -0.3 is 19.9 Å². The number of piperidine rings is 1. The van der Waals surface area contributed by atoms with Gasteiger partial charge in [0.2, 0.25) is 0 Å². The Morgan fingerprint density at radius 1 is 1.15 bits per heavy atom. The van der Waals surface area contributed by atoms with E-state index in [0.29, 0.717) is 11.3 Å². The molecule has 0 radical (unpaired) electrons. The lowest BCUT2D eigenvalue weighted by molar-refractivity contribution is 0.0592. The Kier molecular flexibility index (Phi) is 4.94. The molecule has 2 aromatic rings. The van der Waals surface area contributed by atoms with Gasteiger partial charge in [-0.05, 0) is 43.5 Å². The van der Waals surface area contributed by atoms with Gasteiger partial charge in [0.1, 0.15) is 6.07 Å². The fourth-order valence-corrected chi connectivity index (χ4v) is 3.16. The minimum atomic E-state index is -0.627. The molecule has 134 valence electrons. The SMILES string of the molecule is COC(=O)c1c(N)c(C#N)cn1-c1ccc(C(=O)N2CCCCC2)cc1. The van der Waals surface area contributed by atoms with Crippen molar-refractivity contribution < 1.29 is 14.3 Å². The third-order valence-corrected chi connectivity index (χ3v) is 4.58. The highest BCUT2D eigenvalue weighted by atomic mass is 16.5. The molecular formula is C19H20N4O3. The predicted molar refractivity (Wildman–Crippen MR) is 96.0 cm³/mol. The normalized spacial score (nSPS) is 13.9. The number of hydrogen-bond donors (Lipinski definition) is 1. The van der Waals surface area contributed by atoms with E-state index < -0.39 is 5.97 Å². The number of nitrogens with two attached hydrogens (primary N) is 1. The molecular weight excluding hydrogens is 332 g/mol. The van der Waals surface area contributed by atoms with Gasteiger partial charge in [0.25, 0.3) is 5.91 Å². The van der Waals surface area contributed by atoms with Gasteiger partial charge in [-0.3, -0.25) is 4.79 Å². The average Bonchev–Trinajstić information content (AvgIpc) is 3.04. The van der Waals surface area contributed by atoms with Crippen molar-refractivity contribution >= 4 is 17.6 Å². The number of carbonyl (C=O) groups is 2. The average molecular weight is 352 g/mol. The van der Waals surface area contributed by atoms with Gasteiger partial charge >= 0.3 is 5.97 Å². The third-order valence-electron chi connectivity index (χ3n) is 4.58. The molecule has 1 amide bonds. The van der Waals surface area contributed by atoms with Crippen LogP contribution in [0.5, 0.6) is 0 Å². The molecule has 1 fully saturated rings. The van der Waals surface area contributed by atoms with Crippen LogP contribution in [0.25, 0.3) is 5.69 Å². The second kappa shape index (κ2) is 7.31. The number of nitriles is 1. The number of methoxy groups -OCH3 is 1. The van der Waals surface area contributed by atoms with E-state index in [4.69, 9.17) is 10.5 Å². The molecule has 2 heterocycles. The minimum Gasteiger partial charge on any atom is -0.464 e. The van der Waals surface area contributed by atoms with Crippen LogP contribution in [0.2, 0.25) is 0 Å². The number of nitrogen functional groups attached to an aromatic ring is 1. The van der Waals surface area contributed by atoms with Crippen LogP contribution in [0.1, 0.15) is 45.7 Å². The topological polar surface area (TPSA) is 101 Å². The summed E-state index contributed by atoms with van der Waals surface area (Å²) in [5, 5.41) is 9.17. The molecule has 2 N–H and O–H groups in total. The lowest BCUT2D eigenvalue weighted by Crippen LogP contribution is -2.35. The number of rotatable bonds is 3. The molecule has 1 saturated heterocycles. The van der Waals surface area contributed by atoms with Crippen LogP contribution < -0.4 is 5.73 Å². The summed E-state index contributed by atoms with van der Waals surface area (Å²) in [5.41, 5.74) is 7.48. The Labute approximate surface area is 151 Å². The van der Waals surface area contributed by atoms with Crippen molar-refractivity contribution in [3.8, 4) is 11.8 Å². The van der Waals surface area contributed by atoms with Gasteiger partial charge in [0.05, 0.1) is 18.4 Å². The smallest absolute Gasteiger partial charge is 0.357 e. The number of hydrogen-bond acceptors (Lipinski definition) is 5. The summed E-state index contributed by atoms with van der Waals surface area (Å²) in [5.74, 6) is -0.619. The van der Waals surface area contributed by atoms with Crippen LogP contribution >= 0.6 is 0 Å². The maximum Gasteiger partial charge on any atom is 0.357 e. The number of carbonyl (C=O) groups excluding carboxylic acids is 2. The Bertz CT molecular complexity index is 871. The Balaban J connectivity index is 1.93. The number of likely N-dealkylation sites (tertiary alicyclic amines) is 1. The third kappa shape index (κ3) is 3.14. The van der Waals surface area contributed by atoms with E-state index in [9.17, 15) is 14.9 Å². The molecule has 1 aliphatic heterocycles. The van der Waals surface area contributed by atoms with E-state index in [0.717, 1.165) is 32.4 Å². The van der Waals surface area contributed by atoms with Gasteiger partial charge in [-0.15, -0.1) is 0 Å². The van der Waals surface area contributed by atoms with E-state index >= 15 is 0 Å². The zero-order valence-electron chi connectivity index (χ0n) is 14.6. The number of benzene rings is 1. The summed E-state index contributed by atoms with van der Waals surface area (Å²) >= 11 is 0. The van der Waals surface area contributed by atoms with E-state index in [1.54, 1.807) is 24.3 Å². The number of esters is 1. The van der Waals surface area contributed by atoms with E-state index in [1.165, 1.54) is 17.9 Å². The summed E-state index contributed by atoms with van der Waals surface area (Å²) in [7, 11) is 1.26. The predicted octanol–water partition coefficient (Wildman–Crippen LogP) is 2.34. The molecule has 1 aromatic heterocycles. The van der Waals surface area contributed by atoms with Crippen molar-refractivity contribution in [1.82, 2.24) is 9.47 Å².